The third-order valence-electron chi connectivity index (χ3n) is 3.48. The number of ether oxygens (including phenoxy) is 2. The van der Waals surface area contributed by atoms with Crippen LogP contribution >= 0.6 is 22.7 Å². The Morgan fingerprint density at radius 2 is 1.15 bits per heavy atom. The second kappa shape index (κ2) is 7.19. The molecule has 2 aromatic heterocycles. The molecule has 0 spiro atoms. The average Bonchev–Trinajstić information content (AvgIpc) is 3.22. The second-order valence-electron chi connectivity index (χ2n) is 5.34. The summed E-state index contributed by atoms with van der Waals surface area (Å²) in [5.41, 5.74) is 1.55. The van der Waals surface area contributed by atoms with Crippen LogP contribution in [0, 0.1) is 0 Å². The maximum absolute atomic E-state index is 11.9. The molecule has 0 saturated carbocycles. The smallest absolute Gasteiger partial charge is 0.313 e. The summed E-state index contributed by atoms with van der Waals surface area (Å²) in [5.74, 6) is -1.05. The lowest BCUT2D eigenvalue weighted by Crippen LogP contribution is -2.13. The number of carbonyl (C=O) groups is 2. The van der Waals surface area contributed by atoms with Crippen LogP contribution < -0.4 is 9.47 Å². The van der Waals surface area contributed by atoms with Gasteiger partial charge in [0.05, 0.1) is 33.3 Å². The first-order valence-corrected chi connectivity index (χ1v) is 9.43. The van der Waals surface area contributed by atoms with Crippen LogP contribution in [0.15, 0.2) is 48.5 Å². The molecule has 0 aliphatic heterocycles. The van der Waals surface area contributed by atoms with E-state index in [9.17, 15) is 9.59 Å². The summed E-state index contributed by atoms with van der Waals surface area (Å²) in [5, 5.41) is 0.548. The van der Waals surface area contributed by atoms with Gasteiger partial charge in [-0.15, -0.1) is 0 Å². The van der Waals surface area contributed by atoms with Gasteiger partial charge in [0.2, 0.25) is 0 Å². The van der Waals surface area contributed by atoms with E-state index in [1.54, 1.807) is 0 Å². The zero-order valence-electron chi connectivity index (χ0n) is 13.4. The zero-order chi connectivity index (χ0) is 17.9. The predicted octanol–water partition coefficient (Wildman–Crippen LogP) is 4.20. The molecule has 4 aromatic rings. The van der Waals surface area contributed by atoms with Crippen molar-refractivity contribution in [3.63, 3.8) is 0 Å². The standard InChI is InChI=1S/C18H12N2O4S2/c21-15(23-17-19-11-5-1-3-7-13(11)25-17)9-10-16(22)24-18-20-12-6-2-4-8-14(12)26-18/h1-8H,9-10H2. The number of rotatable bonds is 5. The maximum Gasteiger partial charge on any atom is 0.313 e. The number of hydrogen-bond acceptors (Lipinski definition) is 8. The van der Waals surface area contributed by atoms with Crippen LogP contribution in [0.1, 0.15) is 12.8 Å². The Labute approximate surface area is 156 Å². The number of thiazole rings is 2. The first-order valence-electron chi connectivity index (χ1n) is 7.80. The molecule has 0 N–H and O–H groups in total. The van der Waals surface area contributed by atoms with Gasteiger partial charge in [-0.3, -0.25) is 9.59 Å². The van der Waals surface area contributed by atoms with Crippen molar-refractivity contribution >= 4 is 55.0 Å². The van der Waals surface area contributed by atoms with Crippen molar-refractivity contribution in [1.82, 2.24) is 9.97 Å². The zero-order valence-corrected chi connectivity index (χ0v) is 15.0. The first kappa shape index (κ1) is 16.6. The summed E-state index contributed by atoms with van der Waals surface area (Å²) < 4.78 is 12.3. The highest BCUT2D eigenvalue weighted by Crippen LogP contribution is 2.28. The van der Waals surface area contributed by atoms with Crippen LogP contribution in [0.25, 0.3) is 20.4 Å². The number of aromatic nitrogens is 2. The highest BCUT2D eigenvalue weighted by atomic mass is 32.1. The number of esters is 2. The Kier molecular flexibility index (Phi) is 4.59. The number of hydrogen-bond donors (Lipinski definition) is 0. The fourth-order valence-corrected chi connectivity index (χ4v) is 3.95. The van der Waals surface area contributed by atoms with Crippen molar-refractivity contribution < 1.29 is 19.1 Å². The Bertz CT molecular complexity index is 949. The second-order valence-corrected chi connectivity index (χ2v) is 7.33. The average molecular weight is 384 g/mol. The van der Waals surface area contributed by atoms with E-state index in [1.165, 1.54) is 22.7 Å². The molecule has 0 fully saturated rings. The SMILES string of the molecule is O=C(CCC(=O)Oc1nc2ccccc2s1)Oc1nc2ccccc2s1. The molecule has 0 bridgehead atoms. The lowest BCUT2D eigenvalue weighted by Gasteiger charge is -2.00. The number of nitrogens with zero attached hydrogens (tertiary/aromatic N) is 2. The van der Waals surface area contributed by atoms with E-state index >= 15 is 0 Å². The van der Waals surface area contributed by atoms with Crippen LogP contribution in [0.3, 0.4) is 0 Å². The molecule has 2 heterocycles. The van der Waals surface area contributed by atoms with Crippen molar-refractivity contribution in [2.45, 2.75) is 12.8 Å². The summed E-state index contributed by atoms with van der Waals surface area (Å²) in [7, 11) is 0. The van der Waals surface area contributed by atoms with Gasteiger partial charge in [0.15, 0.2) is 0 Å². The molecule has 8 heteroatoms. The minimum absolute atomic E-state index is 0.0837. The number of carbonyl (C=O) groups excluding carboxylic acids is 2. The number of fused-ring (bicyclic) bond motifs is 2. The van der Waals surface area contributed by atoms with Crippen LogP contribution in [0.2, 0.25) is 0 Å². The topological polar surface area (TPSA) is 78.4 Å². The molecular weight excluding hydrogens is 372 g/mol. The van der Waals surface area contributed by atoms with E-state index in [2.05, 4.69) is 9.97 Å². The molecule has 26 heavy (non-hydrogen) atoms. The maximum atomic E-state index is 11.9. The van der Waals surface area contributed by atoms with E-state index in [0.717, 1.165) is 20.4 Å². The lowest BCUT2D eigenvalue weighted by atomic mass is 10.3. The van der Waals surface area contributed by atoms with Gasteiger partial charge in [-0.05, 0) is 24.3 Å². The van der Waals surface area contributed by atoms with Crippen LogP contribution in [-0.2, 0) is 9.59 Å². The number of para-hydroxylation sites is 2. The van der Waals surface area contributed by atoms with Crippen molar-refractivity contribution in [3.8, 4) is 10.4 Å². The molecule has 0 amide bonds. The molecule has 0 saturated heterocycles. The quantitative estimate of drug-likeness (QED) is 0.480. The molecule has 0 radical (unpaired) electrons. The molecular formula is C18H12N2O4S2. The van der Waals surface area contributed by atoms with Crippen LogP contribution in [-0.4, -0.2) is 21.9 Å². The minimum atomic E-state index is -0.523. The fraction of sp³-hybridized carbons (Fsp3) is 0.111. The van der Waals surface area contributed by atoms with Gasteiger partial charge in [0, 0.05) is 0 Å². The Morgan fingerprint density at radius 3 is 1.58 bits per heavy atom. The van der Waals surface area contributed by atoms with E-state index in [4.69, 9.17) is 9.47 Å². The van der Waals surface area contributed by atoms with E-state index < -0.39 is 11.9 Å². The minimum Gasteiger partial charge on any atom is -0.398 e. The van der Waals surface area contributed by atoms with Gasteiger partial charge in [-0.2, -0.15) is 0 Å². The monoisotopic (exact) mass is 384 g/mol. The number of benzene rings is 2. The molecule has 130 valence electrons. The van der Waals surface area contributed by atoms with Crippen LogP contribution in [0.4, 0.5) is 0 Å². The van der Waals surface area contributed by atoms with Gasteiger partial charge >= 0.3 is 11.9 Å². The summed E-state index contributed by atoms with van der Waals surface area (Å²) in [4.78, 5) is 32.3. The van der Waals surface area contributed by atoms with E-state index in [1.807, 2.05) is 48.5 Å². The fourth-order valence-electron chi connectivity index (χ4n) is 2.29. The summed E-state index contributed by atoms with van der Waals surface area (Å²) in [6.07, 6.45) is -0.167. The molecule has 6 nitrogen and oxygen atoms in total. The molecule has 0 aliphatic carbocycles. The van der Waals surface area contributed by atoms with Gasteiger partial charge in [0.1, 0.15) is 0 Å². The van der Waals surface area contributed by atoms with Crippen molar-refractivity contribution in [1.29, 1.82) is 0 Å². The summed E-state index contributed by atoms with van der Waals surface area (Å²) >= 11 is 2.57. The lowest BCUT2D eigenvalue weighted by molar-refractivity contribution is -0.140. The highest BCUT2D eigenvalue weighted by molar-refractivity contribution is 7.20. The van der Waals surface area contributed by atoms with Gasteiger partial charge in [-0.25, -0.2) is 9.97 Å². The Balaban J connectivity index is 1.31. The molecule has 4 rings (SSSR count). The van der Waals surface area contributed by atoms with E-state index in [0.29, 0.717) is 0 Å². The van der Waals surface area contributed by atoms with Gasteiger partial charge < -0.3 is 9.47 Å². The molecule has 2 aromatic carbocycles. The third kappa shape index (κ3) is 3.71. The van der Waals surface area contributed by atoms with Gasteiger partial charge in [0.25, 0.3) is 10.4 Å². The van der Waals surface area contributed by atoms with Crippen molar-refractivity contribution in [2.24, 2.45) is 0 Å². The molecule has 0 aliphatic rings. The molecule has 0 unspecified atom stereocenters. The normalized spacial score (nSPS) is 10.9. The third-order valence-corrected chi connectivity index (χ3v) is 5.31. The van der Waals surface area contributed by atoms with Crippen molar-refractivity contribution in [2.75, 3.05) is 0 Å². The van der Waals surface area contributed by atoms with Crippen molar-refractivity contribution in [3.05, 3.63) is 48.5 Å². The largest absolute Gasteiger partial charge is 0.398 e. The van der Waals surface area contributed by atoms with E-state index in [-0.39, 0.29) is 23.2 Å². The summed E-state index contributed by atoms with van der Waals surface area (Å²) in [6, 6.07) is 15.0. The molecule has 0 atom stereocenters. The first-order chi connectivity index (χ1) is 12.7. The highest BCUT2D eigenvalue weighted by Gasteiger charge is 2.15. The summed E-state index contributed by atoms with van der Waals surface area (Å²) in [6.45, 7) is 0. The van der Waals surface area contributed by atoms with Crippen LogP contribution in [0.5, 0.6) is 10.4 Å². The Morgan fingerprint density at radius 1 is 0.731 bits per heavy atom. The predicted molar refractivity (Wildman–Crippen MR) is 99.7 cm³/mol. The Hall–Kier alpha value is -2.84. The van der Waals surface area contributed by atoms with Gasteiger partial charge in [-0.1, -0.05) is 46.9 Å².